The Labute approximate surface area is 117 Å². The molecule has 1 rings (SSSR count). The van der Waals surface area contributed by atoms with E-state index in [1.165, 1.54) is 0 Å². The van der Waals surface area contributed by atoms with E-state index in [-0.39, 0.29) is 0 Å². The fourth-order valence-corrected chi connectivity index (χ4v) is 2.04. The Morgan fingerprint density at radius 3 is 2.35 bits per heavy atom. The highest BCUT2D eigenvalue weighted by Crippen LogP contribution is 2.11. The molecule has 96 valence electrons. The molecule has 0 saturated carbocycles. The van der Waals surface area contributed by atoms with Crippen LogP contribution in [0.15, 0.2) is 12.4 Å². The zero-order chi connectivity index (χ0) is 12.8. The van der Waals surface area contributed by atoms with E-state index >= 15 is 0 Å². The van der Waals surface area contributed by atoms with Gasteiger partial charge >= 0.3 is 0 Å². The zero-order valence-corrected chi connectivity index (χ0v) is 13.1. The van der Waals surface area contributed by atoms with Gasteiger partial charge in [0.1, 0.15) is 0 Å². The van der Waals surface area contributed by atoms with Crippen molar-refractivity contribution in [1.29, 1.82) is 0 Å². The minimum Gasteiger partial charge on any atom is -0.350 e. The summed E-state index contributed by atoms with van der Waals surface area (Å²) in [6, 6.07) is 0.394. The van der Waals surface area contributed by atoms with Crippen molar-refractivity contribution in [2.45, 2.75) is 26.3 Å². The molecule has 0 aromatic carbocycles. The third kappa shape index (κ3) is 6.16. The normalized spacial score (nSPS) is 13.1. The topological polar surface area (TPSA) is 41.0 Å². The minimum absolute atomic E-state index is 0.394. The van der Waals surface area contributed by atoms with Gasteiger partial charge in [-0.3, -0.25) is 0 Å². The maximum absolute atomic E-state index is 4.28. The van der Waals surface area contributed by atoms with Crippen LogP contribution in [0, 0.1) is 9.49 Å². The van der Waals surface area contributed by atoms with Crippen LogP contribution in [0.3, 0.4) is 0 Å². The van der Waals surface area contributed by atoms with Crippen LogP contribution in [0.5, 0.6) is 0 Å². The van der Waals surface area contributed by atoms with Gasteiger partial charge in [-0.1, -0.05) is 13.8 Å². The molecule has 0 aliphatic heterocycles. The Hall–Kier alpha value is -0.430. The molecule has 0 fully saturated rings. The number of anilines is 1. The Balaban J connectivity index is 2.61. The highest BCUT2D eigenvalue weighted by molar-refractivity contribution is 14.1. The Morgan fingerprint density at radius 1 is 1.29 bits per heavy atom. The lowest BCUT2D eigenvalue weighted by Crippen LogP contribution is -2.34. The standard InChI is InChI=1S/C12H21IN4/c1-9(2)5-11(8-17(3)4)16-12-14-6-10(13)7-15-12/h6-7,9,11H,5,8H2,1-4H3,(H,14,15,16). The van der Waals surface area contributed by atoms with Gasteiger partial charge in [-0.15, -0.1) is 0 Å². The number of likely N-dealkylation sites (N-methyl/N-ethyl adjacent to an activating group) is 1. The van der Waals surface area contributed by atoms with Crippen molar-refractivity contribution >= 4 is 28.5 Å². The fraction of sp³-hybridized carbons (Fsp3) is 0.667. The Morgan fingerprint density at radius 2 is 1.88 bits per heavy atom. The van der Waals surface area contributed by atoms with Gasteiger partial charge in [-0.25, -0.2) is 9.97 Å². The molecule has 1 heterocycles. The molecule has 4 nitrogen and oxygen atoms in total. The average Bonchev–Trinajstić information content (AvgIpc) is 2.19. The van der Waals surface area contributed by atoms with E-state index in [4.69, 9.17) is 0 Å². The lowest BCUT2D eigenvalue weighted by molar-refractivity contribution is 0.355. The molecule has 5 heteroatoms. The first-order chi connectivity index (χ1) is 7.97. The van der Waals surface area contributed by atoms with Gasteiger partial charge < -0.3 is 10.2 Å². The summed E-state index contributed by atoms with van der Waals surface area (Å²) >= 11 is 2.21. The summed E-state index contributed by atoms with van der Waals surface area (Å²) in [5.74, 6) is 1.38. The van der Waals surface area contributed by atoms with E-state index in [1.807, 2.05) is 12.4 Å². The van der Waals surface area contributed by atoms with Crippen molar-refractivity contribution in [1.82, 2.24) is 14.9 Å². The molecular weight excluding hydrogens is 327 g/mol. The van der Waals surface area contributed by atoms with Crippen LogP contribution in [0.2, 0.25) is 0 Å². The molecule has 0 spiro atoms. The zero-order valence-electron chi connectivity index (χ0n) is 10.9. The van der Waals surface area contributed by atoms with Crippen molar-refractivity contribution in [3.8, 4) is 0 Å². The lowest BCUT2D eigenvalue weighted by Gasteiger charge is -2.23. The summed E-state index contributed by atoms with van der Waals surface area (Å²) in [5.41, 5.74) is 0. The SMILES string of the molecule is CC(C)CC(CN(C)C)Nc1ncc(I)cn1. The largest absolute Gasteiger partial charge is 0.350 e. The second-order valence-corrected chi connectivity index (χ2v) is 6.20. The number of halogens is 1. The maximum Gasteiger partial charge on any atom is 0.222 e. The molecule has 1 atom stereocenters. The smallest absolute Gasteiger partial charge is 0.222 e. The van der Waals surface area contributed by atoms with Crippen LogP contribution < -0.4 is 5.32 Å². The lowest BCUT2D eigenvalue weighted by atomic mass is 10.0. The molecule has 0 amide bonds. The van der Waals surface area contributed by atoms with Crippen LogP contribution >= 0.6 is 22.6 Å². The summed E-state index contributed by atoms with van der Waals surface area (Å²) in [7, 11) is 4.17. The van der Waals surface area contributed by atoms with E-state index in [1.54, 1.807) is 0 Å². The molecule has 0 aliphatic carbocycles. The van der Waals surface area contributed by atoms with E-state index in [0.717, 1.165) is 22.5 Å². The van der Waals surface area contributed by atoms with Crippen LogP contribution in [-0.2, 0) is 0 Å². The molecule has 1 aromatic heterocycles. The number of rotatable bonds is 6. The summed E-state index contributed by atoms with van der Waals surface area (Å²) < 4.78 is 1.06. The van der Waals surface area contributed by atoms with Crippen LogP contribution in [-0.4, -0.2) is 41.5 Å². The fourth-order valence-electron chi connectivity index (χ4n) is 1.76. The number of hydrogen-bond acceptors (Lipinski definition) is 4. The highest BCUT2D eigenvalue weighted by Gasteiger charge is 2.12. The van der Waals surface area contributed by atoms with E-state index < -0.39 is 0 Å². The van der Waals surface area contributed by atoms with Crippen molar-refractivity contribution in [3.63, 3.8) is 0 Å². The van der Waals surface area contributed by atoms with Gasteiger partial charge in [0.15, 0.2) is 0 Å². The molecule has 0 radical (unpaired) electrons. The average molecular weight is 348 g/mol. The molecule has 0 bridgehead atoms. The van der Waals surface area contributed by atoms with Crippen molar-refractivity contribution in [3.05, 3.63) is 16.0 Å². The Kier molecular flexibility index (Phi) is 6.11. The van der Waals surface area contributed by atoms with Crippen LogP contribution in [0.25, 0.3) is 0 Å². The van der Waals surface area contributed by atoms with Crippen molar-refractivity contribution in [2.24, 2.45) is 5.92 Å². The van der Waals surface area contributed by atoms with Crippen LogP contribution in [0.4, 0.5) is 5.95 Å². The van der Waals surface area contributed by atoms with Gasteiger partial charge in [-0.05, 0) is 49.0 Å². The van der Waals surface area contributed by atoms with Gasteiger partial charge in [0.2, 0.25) is 5.95 Å². The molecule has 1 N–H and O–H groups in total. The van der Waals surface area contributed by atoms with Gasteiger partial charge in [0.05, 0.1) is 0 Å². The summed E-state index contributed by atoms with van der Waals surface area (Å²) in [5, 5.41) is 3.40. The van der Waals surface area contributed by atoms with Crippen molar-refractivity contribution < 1.29 is 0 Å². The van der Waals surface area contributed by atoms with Crippen molar-refractivity contribution in [2.75, 3.05) is 26.0 Å². The number of nitrogens with zero attached hydrogens (tertiary/aromatic N) is 3. The highest BCUT2D eigenvalue weighted by atomic mass is 127. The van der Waals surface area contributed by atoms with E-state index in [9.17, 15) is 0 Å². The second kappa shape index (κ2) is 7.10. The maximum atomic E-state index is 4.28. The summed E-state index contributed by atoms with van der Waals surface area (Å²) in [6.07, 6.45) is 4.78. The van der Waals surface area contributed by atoms with Gasteiger partial charge in [0, 0.05) is 28.6 Å². The first-order valence-electron chi connectivity index (χ1n) is 5.86. The summed E-state index contributed by atoms with van der Waals surface area (Å²) in [6.45, 7) is 5.46. The third-order valence-electron chi connectivity index (χ3n) is 2.30. The first-order valence-corrected chi connectivity index (χ1v) is 6.94. The second-order valence-electron chi connectivity index (χ2n) is 4.96. The first kappa shape index (κ1) is 14.6. The molecule has 1 unspecified atom stereocenters. The monoisotopic (exact) mass is 348 g/mol. The van der Waals surface area contributed by atoms with E-state index in [2.05, 4.69) is 70.7 Å². The minimum atomic E-state index is 0.394. The molecule has 0 saturated heterocycles. The van der Waals surface area contributed by atoms with E-state index in [0.29, 0.717) is 12.0 Å². The van der Waals surface area contributed by atoms with Gasteiger partial charge in [0.25, 0.3) is 0 Å². The number of aromatic nitrogens is 2. The number of nitrogens with one attached hydrogen (secondary N) is 1. The molecule has 17 heavy (non-hydrogen) atoms. The predicted octanol–water partition coefficient (Wildman–Crippen LogP) is 2.47. The molecular formula is C12H21IN4. The third-order valence-corrected chi connectivity index (χ3v) is 2.85. The molecule has 0 aliphatic rings. The number of hydrogen-bond donors (Lipinski definition) is 1. The van der Waals surface area contributed by atoms with Gasteiger partial charge in [-0.2, -0.15) is 0 Å². The predicted molar refractivity (Wildman–Crippen MR) is 80.2 cm³/mol. The molecule has 1 aromatic rings. The van der Waals surface area contributed by atoms with Crippen LogP contribution in [0.1, 0.15) is 20.3 Å². The summed E-state index contributed by atoms with van der Waals surface area (Å²) in [4.78, 5) is 10.8. The quantitative estimate of drug-likeness (QED) is 0.802. The Bertz CT molecular complexity index is 314.